The lowest BCUT2D eigenvalue weighted by Crippen LogP contribution is -2.37. The van der Waals surface area contributed by atoms with Gasteiger partial charge in [-0.2, -0.15) is 5.10 Å². The molecule has 0 aromatic carbocycles. The molecular formula is C16H25N3O3. The second-order valence-corrected chi connectivity index (χ2v) is 6.90. The van der Waals surface area contributed by atoms with E-state index in [0.717, 1.165) is 38.2 Å². The fourth-order valence-corrected chi connectivity index (χ4v) is 3.28. The Hall–Kier alpha value is -1.40. The van der Waals surface area contributed by atoms with Gasteiger partial charge in [-0.1, -0.05) is 0 Å². The van der Waals surface area contributed by atoms with Crippen molar-refractivity contribution in [1.29, 1.82) is 0 Å². The lowest BCUT2D eigenvalue weighted by atomic mass is 10.0. The maximum Gasteiger partial charge on any atom is 0.269 e. The number of aromatic nitrogens is 2. The van der Waals surface area contributed by atoms with Crippen LogP contribution in [0.2, 0.25) is 0 Å². The van der Waals surface area contributed by atoms with Crippen molar-refractivity contribution in [3.63, 3.8) is 0 Å². The second-order valence-electron chi connectivity index (χ2n) is 6.90. The number of nitrogens with one attached hydrogen (secondary N) is 1. The van der Waals surface area contributed by atoms with Crippen molar-refractivity contribution in [1.82, 2.24) is 15.1 Å². The smallest absolute Gasteiger partial charge is 0.269 e. The Morgan fingerprint density at radius 2 is 2.14 bits per heavy atom. The predicted octanol–water partition coefficient (Wildman–Crippen LogP) is 1.84. The van der Waals surface area contributed by atoms with E-state index >= 15 is 0 Å². The summed E-state index contributed by atoms with van der Waals surface area (Å²) in [7, 11) is 0. The first-order valence-electron chi connectivity index (χ1n) is 8.03. The van der Waals surface area contributed by atoms with E-state index in [1.807, 2.05) is 17.7 Å². The van der Waals surface area contributed by atoms with E-state index in [0.29, 0.717) is 12.3 Å². The zero-order chi connectivity index (χ0) is 15.7. The van der Waals surface area contributed by atoms with Crippen LogP contribution in [0.25, 0.3) is 0 Å². The van der Waals surface area contributed by atoms with Gasteiger partial charge in [-0.05, 0) is 46.1 Å². The molecule has 3 rings (SSSR count). The molecule has 1 amide bonds. The summed E-state index contributed by atoms with van der Waals surface area (Å²) in [6.45, 7) is 8.06. The number of amides is 1. The zero-order valence-electron chi connectivity index (χ0n) is 13.6. The number of ether oxygens (including phenoxy) is 2. The highest BCUT2D eigenvalue weighted by Gasteiger charge is 2.33. The SMILES string of the molecule is Cc1cc(C(=O)N[C@@H]2COC(C)(C)C2)n(C2CCOCC2)n1. The first kappa shape index (κ1) is 15.5. The van der Waals surface area contributed by atoms with Crippen molar-refractivity contribution in [3.05, 3.63) is 17.5 Å². The largest absolute Gasteiger partial charge is 0.381 e. The van der Waals surface area contributed by atoms with Gasteiger partial charge < -0.3 is 14.8 Å². The van der Waals surface area contributed by atoms with Gasteiger partial charge in [0.1, 0.15) is 5.69 Å². The highest BCUT2D eigenvalue weighted by atomic mass is 16.5. The normalized spacial score (nSPS) is 25.3. The van der Waals surface area contributed by atoms with E-state index in [2.05, 4.69) is 24.3 Å². The van der Waals surface area contributed by atoms with Gasteiger partial charge in [-0.15, -0.1) is 0 Å². The van der Waals surface area contributed by atoms with Crippen molar-refractivity contribution in [2.75, 3.05) is 19.8 Å². The quantitative estimate of drug-likeness (QED) is 0.925. The van der Waals surface area contributed by atoms with Crippen LogP contribution in [0.15, 0.2) is 6.07 Å². The van der Waals surface area contributed by atoms with Gasteiger partial charge in [-0.3, -0.25) is 9.48 Å². The van der Waals surface area contributed by atoms with E-state index in [4.69, 9.17) is 9.47 Å². The Morgan fingerprint density at radius 3 is 2.77 bits per heavy atom. The zero-order valence-corrected chi connectivity index (χ0v) is 13.6. The molecule has 0 unspecified atom stereocenters. The minimum absolute atomic E-state index is 0.0570. The number of carbonyl (C=O) groups is 1. The highest BCUT2D eigenvalue weighted by Crippen LogP contribution is 2.26. The monoisotopic (exact) mass is 307 g/mol. The van der Waals surface area contributed by atoms with Gasteiger partial charge in [0.25, 0.3) is 5.91 Å². The average molecular weight is 307 g/mol. The molecule has 6 nitrogen and oxygen atoms in total. The minimum atomic E-state index is -0.158. The van der Waals surface area contributed by atoms with Crippen LogP contribution >= 0.6 is 0 Å². The summed E-state index contributed by atoms with van der Waals surface area (Å²) >= 11 is 0. The van der Waals surface area contributed by atoms with Crippen LogP contribution < -0.4 is 5.32 Å². The van der Waals surface area contributed by atoms with Gasteiger partial charge in [-0.25, -0.2) is 0 Å². The summed E-state index contributed by atoms with van der Waals surface area (Å²) in [6, 6.07) is 2.19. The molecule has 22 heavy (non-hydrogen) atoms. The van der Waals surface area contributed by atoms with E-state index in [1.165, 1.54) is 0 Å². The number of aryl methyl sites for hydroxylation is 1. The summed E-state index contributed by atoms with van der Waals surface area (Å²) in [5, 5.41) is 7.62. The van der Waals surface area contributed by atoms with E-state index in [1.54, 1.807) is 0 Å². The van der Waals surface area contributed by atoms with Crippen LogP contribution in [0, 0.1) is 6.92 Å². The number of carbonyl (C=O) groups excluding carboxylic acids is 1. The number of nitrogens with zero attached hydrogens (tertiary/aromatic N) is 2. The van der Waals surface area contributed by atoms with Gasteiger partial charge >= 0.3 is 0 Å². The third-order valence-electron chi connectivity index (χ3n) is 4.38. The number of hydrogen-bond acceptors (Lipinski definition) is 4. The number of rotatable bonds is 3. The first-order chi connectivity index (χ1) is 10.4. The Bertz CT molecular complexity index is 547. The maximum atomic E-state index is 12.6. The molecule has 0 saturated carbocycles. The molecule has 3 heterocycles. The fourth-order valence-electron chi connectivity index (χ4n) is 3.28. The van der Waals surface area contributed by atoms with Crippen LogP contribution in [0.1, 0.15) is 55.3 Å². The molecule has 2 aliphatic heterocycles. The lowest BCUT2D eigenvalue weighted by molar-refractivity contribution is 0.0355. The van der Waals surface area contributed by atoms with Crippen LogP contribution in [0.4, 0.5) is 0 Å². The standard InChI is InChI=1S/C16H25N3O3/c1-11-8-14(19(18-11)13-4-6-21-7-5-13)15(20)17-12-9-16(2,3)22-10-12/h8,12-13H,4-7,9-10H2,1-3H3,(H,17,20)/t12-/m0/s1. The summed E-state index contributed by atoms with van der Waals surface area (Å²) in [4.78, 5) is 12.6. The van der Waals surface area contributed by atoms with Crippen molar-refractivity contribution >= 4 is 5.91 Å². The van der Waals surface area contributed by atoms with Gasteiger partial charge in [0.15, 0.2) is 0 Å². The van der Waals surface area contributed by atoms with Gasteiger partial charge in [0.05, 0.1) is 30.0 Å². The van der Waals surface area contributed by atoms with Crippen LogP contribution in [0.5, 0.6) is 0 Å². The average Bonchev–Trinajstić information content (AvgIpc) is 3.02. The van der Waals surface area contributed by atoms with Gasteiger partial charge in [0, 0.05) is 13.2 Å². The third-order valence-corrected chi connectivity index (χ3v) is 4.38. The molecule has 2 fully saturated rings. The predicted molar refractivity (Wildman–Crippen MR) is 82.0 cm³/mol. The maximum absolute atomic E-state index is 12.6. The molecule has 2 saturated heterocycles. The van der Waals surface area contributed by atoms with Crippen LogP contribution in [0.3, 0.4) is 0 Å². The summed E-state index contributed by atoms with van der Waals surface area (Å²) < 4.78 is 13.0. The molecule has 1 N–H and O–H groups in total. The fraction of sp³-hybridized carbons (Fsp3) is 0.750. The lowest BCUT2D eigenvalue weighted by Gasteiger charge is -2.24. The molecule has 0 spiro atoms. The summed E-state index contributed by atoms with van der Waals surface area (Å²) in [5.74, 6) is -0.0570. The molecule has 1 atom stereocenters. The molecule has 0 bridgehead atoms. The molecule has 0 aliphatic carbocycles. The molecule has 122 valence electrons. The highest BCUT2D eigenvalue weighted by molar-refractivity contribution is 5.93. The van der Waals surface area contributed by atoms with Crippen molar-refractivity contribution in [2.24, 2.45) is 0 Å². The molecule has 1 aromatic heterocycles. The Kier molecular flexibility index (Phi) is 4.23. The summed E-state index contributed by atoms with van der Waals surface area (Å²) in [5.41, 5.74) is 1.36. The van der Waals surface area contributed by atoms with Crippen molar-refractivity contribution in [2.45, 2.75) is 57.7 Å². The number of hydrogen-bond donors (Lipinski definition) is 1. The minimum Gasteiger partial charge on any atom is -0.381 e. The molecule has 2 aliphatic rings. The molecular weight excluding hydrogens is 282 g/mol. The van der Waals surface area contributed by atoms with Gasteiger partial charge in [0.2, 0.25) is 0 Å². The van der Waals surface area contributed by atoms with E-state index < -0.39 is 0 Å². The molecule has 1 aromatic rings. The van der Waals surface area contributed by atoms with E-state index in [-0.39, 0.29) is 23.6 Å². The molecule has 0 radical (unpaired) electrons. The third kappa shape index (κ3) is 3.33. The second kappa shape index (κ2) is 6.01. The Balaban J connectivity index is 1.72. The molecule has 6 heteroatoms. The van der Waals surface area contributed by atoms with Crippen LogP contribution in [-0.2, 0) is 9.47 Å². The first-order valence-corrected chi connectivity index (χ1v) is 8.03. The van der Waals surface area contributed by atoms with Crippen molar-refractivity contribution in [3.8, 4) is 0 Å². The topological polar surface area (TPSA) is 65.4 Å². The Morgan fingerprint density at radius 1 is 1.41 bits per heavy atom. The summed E-state index contributed by atoms with van der Waals surface area (Å²) in [6.07, 6.45) is 2.64. The van der Waals surface area contributed by atoms with Crippen molar-refractivity contribution < 1.29 is 14.3 Å². The van der Waals surface area contributed by atoms with Crippen LogP contribution in [-0.4, -0.2) is 47.2 Å². The Labute approximate surface area is 131 Å². The van der Waals surface area contributed by atoms with E-state index in [9.17, 15) is 4.79 Å².